The maximum absolute atomic E-state index is 12.7. The van der Waals surface area contributed by atoms with Crippen LogP contribution in [0.15, 0.2) is 18.2 Å². The van der Waals surface area contributed by atoms with E-state index in [-0.39, 0.29) is 6.42 Å². The molecule has 6 heteroatoms. The number of carbonyl (C=O) groups is 1. The second-order valence-electron chi connectivity index (χ2n) is 4.37. The molecule has 2 N–H and O–H groups in total. The van der Waals surface area contributed by atoms with Gasteiger partial charge >= 0.3 is 0 Å². The Labute approximate surface area is 115 Å². The molecule has 0 aliphatic carbocycles. The smallest absolute Gasteiger partial charge is 0.287 e. The number of nitrogens with one attached hydrogen (secondary N) is 1. The van der Waals surface area contributed by atoms with Crippen LogP contribution in [0.25, 0.3) is 0 Å². The fourth-order valence-corrected chi connectivity index (χ4v) is 1.63. The Kier molecular flexibility index (Phi) is 5.69. The molecule has 0 saturated heterocycles. The average Bonchev–Trinajstić information content (AvgIpc) is 2.38. The van der Waals surface area contributed by atoms with Gasteiger partial charge in [0, 0.05) is 11.4 Å². The Morgan fingerprint density at radius 2 is 2.16 bits per heavy atom. The van der Waals surface area contributed by atoms with Gasteiger partial charge in [-0.1, -0.05) is 23.7 Å². The first-order valence-electron chi connectivity index (χ1n) is 5.84. The first kappa shape index (κ1) is 15.9. The number of aryl methyl sites for hydroxylation is 2. The summed E-state index contributed by atoms with van der Waals surface area (Å²) in [6.45, 7) is -0.256. The van der Waals surface area contributed by atoms with Crippen LogP contribution in [-0.2, 0) is 11.2 Å². The molecule has 1 amide bonds. The average molecular weight is 292 g/mol. The number of benzene rings is 1. The lowest BCUT2D eigenvalue weighted by atomic mass is 10.1. The van der Waals surface area contributed by atoms with Crippen molar-refractivity contribution in [3.05, 3.63) is 34.3 Å². The second-order valence-corrected chi connectivity index (χ2v) is 4.78. The summed E-state index contributed by atoms with van der Waals surface area (Å²) in [6, 6.07) is 5.44. The van der Waals surface area contributed by atoms with Crippen molar-refractivity contribution in [3.8, 4) is 0 Å². The number of aliphatic hydroxyl groups is 1. The molecule has 0 aliphatic heterocycles. The molecule has 0 spiro atoms. The van der Waals surface area contributed by atoms with Gasteiger partial charge in [0.05, 0.1) is 6.54 Å². The Morgan fingerprint density at radius 1 is 1.47 bits per heavy atom. The topological polar surface area (TPSA) is 49.3 Å². The second kappa shape index (κ2) is 6.82. The molecular weight excluding hydrogens is 276 g/mol. The maximum Gasteiger partial charge on any atom is 0.287 e. The highest BCUT2D eigenvalue weighted by Gasteiger charge is 2.27. The van der Waals surface area contributed by atoms with Gasteiger partial charge < -0.3 is 10.4 Å². The van der Waals surface area contributed by atoms with Crippen molar-refractivity contribution in [1.82, 2.24) is 5.32 Å². The van der Waals surface area contributed by atoms with E-state index in [2.05, 4.69) is 5.32 Å². The van der Waals surface area contributed by atoms with Crippen LogP contribution < -0.4 is 5.32 Å². The van der Waals surface area contributed by atoms with Gasteiger partial charge in [0.15, 0.2) is 0 Å². The Bertz CT molecular complexity index is 452. The zero-order valence-corrected chi connectivity index (χ0v) is 11.3. The van der Waals surface area contributed by atoms with E-state index < -0.39 is 25.0 Å². The number of carbonyl (C=O) groups excluding carboxylic acids is 1. The molecule has 0 aromatic heterocycles. The van der Waals surface area contributed by atoms with Crippen molar-refractivity contribution < 1.29 is 18.7 Å². The van der Waals surface area contributed by atoms with Gasteiger partial charge in [0.25, 0.3) is 5.92 Å². The van der Waals surface area contributed by atoms with Gasteiger partial charge in [-0.3, -0.25) is 4.79 Å². The Hall–Kier alpha value is -1.20. The van der Waals surface area contributed by atoms with Crippen LogP contribution in [0.1, 0.15) is 17.5 Å². The number of halogens is 3. The summed E-state index contributed by atoms with van der Waals surface area (Å²) >= 11 is 5.94. The van der Waals surface area contributed by atoms with Crippen molar-refractivity contribution in [2.45, 2.75) is 25.7 Å². The number of rotatable bonds is 6. The lowest BCUT2D eigenvalue weighted by Gasteiger charge is -2.13. The van der Waals surface area contributed by atoms with Crippen molar-refractivity contribution in [3.63, 3.8) is 0 Å². The van der Waals surface area contributed by atoms with Crippen molar-refractivity contribution in [1.29, 1.82) is 0 Å². The van der Waals surface area contributed by atoms with Crippen LogP contribution in [0, 0.1) is 6.92 Å². The van der Waals surface area contributed by atoms with Gasteiger partial charge in [-0.15, -0.1) is 0 Å². The van der Waals surface area contributed by atoms with Crippen LogP contribution >= 0.6 is 11.6 Å². The number of hydrogen-bond acceptors (Lipinski definition) is 2. The SMILES string of the molecule is Cc1ccc(CCC(=O)NCC(F)(F)CO)cc1Cl. The highest BCUT2D eigenvalue weighted by atomic mass is 35.5. The highest BCUT2D eigenvalue weighted by Crippen LogP contribution is 2.17. The van der Waals surface area contributed by atoms with Gasteiger partial charge in [-0.2, -0.15) is 0 Å². The summed E-state index contributed by atoms with van der Waals surface area (Å²) in [7, 11) is 0. The molecule has 0 fully saturated rings. The van der Waals surface area contributed by atoms with E-state index in [4.69, 9.17) is 16.7 Å². The van der Waals surface area contributed by atoms with E-state index in [1.54, 1.807) is 6.07 Å². The number of hydrogen-bond donors (Lipinski definition) is 2. The summed E-state index contributed by atoms with van der Waals surface area (Å²) < 4.78 is 25.4. The van der Waals surface area contributed by atoms with Crippen LogP contribution in [0.5, 0.6) is 0 Å². The van der Waals surface area contributed by atoms with Gasteiger partial charge in [-0.25, -0.2) is 8.78 Å². The van der Waals surface area contributed by atoms with Gasteiger partial charge in [0.1, 0.15) is 6.61 Å². The summed E-state index contributed by atoms with van der Waals surface area (Å²) in [6.07, 6.45) is 0.525. The lowest BCUT2D eigenvalue weighted by molar-refractivity contribution is -0.124. The normalized spacial score (nSPS) is 11.4. The highest BCUT2D eigenvalue weighted by molar-refractivity contribution is 6.31. The molecule has 0 radical (unpaired) electrons. The molecular formula is C13H16ClF2NO2. The summed E-state index contributed by atoms with van der Waals surface area (Å²) in [4.78, 5) is 11.4. The van der Waals surface area contributed by atoms with Gasteiger partial charge in [-0.05, 0) is 30.5 Å². The minimum atomic E-state index is -3.27. The van der Waals surface area contributed by atoms with E-state index in [0.29, 0.717) is 11.4 Å². The third kappa shape index (κ3) is 5.53. The maximum atomic E-state index is 12.7. The molecule has 1 aromatic rings. The molecule has 0 saturated carbocycles. The number of amides is 1. The van der Waals surface area contributed by atoms with Crippen LogP contribution in [0.2, 0.25) is 5.02 Å². The predicted octanol–water partition coefficient (Wildman–Crippen LogP) is 2.32. The molecule has 19 heavy (non-hydrogen) atoms. The standard InChI is InChI=1S/C13H16ClF2NO2/c1-9-2-3-10(6-11(9)14)4-5-12(19)17-7-13(15,16)8-18/h2-3,6,18H,4-5,7-8H2,1H3,(H,17,19). The van der Waals surface area contributed by atoms with E-state index in [1.807, 2.05) is 19.1 Å². The fraction of sp³-hybridized carbons (Fsp3) is 0.462. The zero-order valence-electron chi connectivity index (χ0n) is 10.5. The van der Waals surface area contributed by atoms with Gasteiger partial charge in [0.2, 0.25) is 5.91 Å². The van der Waals surface area contributed by atoms with E-state index in [9.17, 15) is 13.6 Å². The van der Waals surface area contributed by atoms with Crippen molar-refractivity contribution >= 4 is 17.5 Å². The molecule has 1 rings (SSSR count). The minimum absolute atomic E-state index is 0.0981. The lowest BCUT2D eigenvalue weighted by Crippen LogP contribution is -2.39. The zero-order chi connectivity index (χ0) is 14.5. The van der Waals surface area contributed by atoms with E-state index in [0.717, 1.165) is 11.1 Å². The molecule has 0 atom stereocenters. The molecule has 0 bridgehead atoms. The molecule has 3 nitrogen and oxygen atoms in total. The Balaban J connectivity index is 2.40. The van der Waals surface area contributed by atoms with E-state index >= 15 is 0 Å². The first-order valence-corrected chi connectivity index (χ1v) is 6.22. The monoisotopic (exact) mass is 291 g/mol. The summed E-state index contributed by atoms with van der Waals surface area (Å²) in [5.74, 6) is -3.76. The van der Waals surface area contributed by atoms with E-state index in [1.165, 1.54) is 0 Å². The molecule has 1 aromatic carbocycles. The molecule has 0 heterocycles. The predicted molar refractivity (Wildman–Crippen MR) is 69.6 cm³/mol. The number of alkyl halides is 2. The van der Waals surface area contributed by atoms with Crippen LogP contribution in [-0.4, -0.2) is 30.1 Å². The molecule has 106 valence electrons. The minimum Gasteiger partial charge on any atom is -0.390 e. The van der Waals surface area contributed by atoms with Crippen molar-refractivity contribution in [2.24, 2.45) is 0 Å². The fourth-order valence-electron chi connectivity index (χ4n) is 1.42. The largest absolute Gasteiger partial charge is 0.390 e. The first-order chi connectivity index (χ1) is 8.84. The number of aliphatic hydroxyl groups excluding tert-OH is 1. The van der Waals surface area contributed by atoms with Crippen LogP contribution in [0.3, 0.4) is 0 Å². The quantitative estimate of drug-likeness (QED) is 0.845. The molecule has 0 aliphatic rings. The Morgan fingerprint density at radius 3 is 2.74 bits per heavy atom. The van der Waals surface area contributed by atoms with Crippen molar-refractivity contribution in [2.75, 3.05) is 13.2 Å². The third-order valence-corrected chi connectivity index (χ3v) is 3.06. The summed E-state index contributed by atoms with van der Waals surface area (Å²) in [5, 5.41) is 11.1. The third-order valence-electron chi connectivity index (χ3n) is 2.65. The van der Waals surface area contributed by atoms with Crippen LogP contribution in [0.4, 0.5) is 8.78 Å². The molecule has 0 unspecified atom stereocenters. The summed E-state index contributed by atoms with van der Waals surface area (Å²) in [5.41, 5.74) is 1.82.